The van der Waals surface area contributed by atoms with Gasteiger partial charge in [0.25, 0.3) is 0 Å². The summed E-state index contributed by atoms with van der Waals surface area (Å²) in [5.41, 5.74) is 41.8. The molecule has 0 aliphatic carbocycles. The average Bonchev–Trinajstić information content (AvgIpc) is 2.52. The second-order valence-electron chi connectivity index (χ2n) is 20.8. The number of aliphatic hydroxyl groups is 1. The number of aliphatic hydroxyl groups excluding tert-OH is 1. The van der Waals surface area contributed by atoms with E-state index in [1.165, 1.54) is 55.6 Å². The van der Waals surface area contributed by atoms with Gasteiger partial charge in [-0.2, -0.15) is 0 Å². The Hall–Kier alpha value is -10.1. The third kappa shape index (κ3) is 24.6. The number of para-hydroxylation sites is 2. The summed E-state index contributed by atoms with van der Waals surface area (Å²) < 4.78 is 22.6. The van der Waals surface area contributed by atoms with Crippen LogP contribution in [0.15, 0.2) is 242 Å². The maximum absolute atomic E-state index is 12.3. The molecule has 0 saturated heterocycles. The van der Waals surface area contributed by atoms with Crippen molar-refractivity contribution in [2.45, 2.75) is 99.8 Å². The van der Waals surface area contributed by atoms with Gasteiger partial charge in [0.1, 0.15) is 17.8 Å². The van der Waals surface area contributed by atoms with Crippen molar-refractivity contribution in [1.82, 2.24) is 19.9 Å². The van der Waals surface area contributed by atoms with Crippen LogP contribution < -0.4 is 14.8 Å². The number of hydrogen-bond acceptors (Lipinski definition) is 11. The first-order valence-electron chi connectivity index (χ1n) is 28.8. The van der Waals surface area contributed by atoms with Gasteiger partial charge in [0.2, 0.25) is 0 Å². The first-order valence-corrected chi connectivity index (χ1v) is 30.3. The van der Waals surface area contributed by atoms with Crippen LogP contribution in [0.3, 0.4) is 0 Å². The van der Waals surface area contributed by atoms with Gasteiger partial charge in [0.15, 0.2) is 0 Å². The maximum atomic E-state index is 12.3. The highest BCUT2D eigenvalue weighted by atomic mass is 31.2. The van der Waals surface area contributed by atoms with E-state index in [0.29, 0.717) is 24.3 Å². The van der Waals surface area contributed by atoms with Gasteiger partial charge in [0, 0.05) is 82.3 Å². The van der Waals surface area contributed by atoms with E-state index >= 15 is 0 Å². The number of azide groups is 2. The lowest BCUT2D eigenvalue weighted by Crippen LogP contribution is -2.15. The smallest absolute Gasteiger partial charge is 0.412 e. The molecule has 3 atom stereocenters. The minimum absolute atomic E-state index is 0. The van der Waals surface area contributed by atoms with Crippen LogP contribution in [0, 0.1) is 62.3 Å². The number of aryl methyl sites for hydroxylation is 5. The van der Waals surface area contributed by atoms with Crippen LogP contribution >= 0.6 is 7.75 Å². The van der Waals surface area contributed by atoms with Gasteiger partial charge in [0.05, 0.1) is 12.1 Å². The molecule has 5 N–H and O–H groups in total. The van der Waals surface area contributed by atoms with E-state index in [0.717, 1.165) is 46.1 Å². The Morgan fingerprint density at radius 2 is 0.911 bits per heavy atom. The summed E-state index contributed by atoms with van der Waals surface area (Å²) in [5.74, 6) is 0.600. The topological polar surface area (TPSA) is 279 Å². The molecule has 6 aromatic carbocycles. The van der Waals surface area contributed by atoms with Crippen molar-refractivity contribution in [2.75, 3.05) is 0 Å². The lowest BCUT2D eigenvalue weighted by atomic mass is 9.94. The Labute approximate surface area is 528 Å². The fourth-order valence-corrected chi connectivity index (χ4v) is 9.84. The molecule has 464 valence electrons. The fourth-order valence-electron chi connectivity index (χ4n) is 8.86. The van der Waals surface area contributed by atoms with Crippen LogP contribution in [0.25, 0.3) is 20.9 Å². The molecule has 3 unspecified atom stereocenters. The SMILES string of the molecule is Cc1cccc(C(Cc2cccnc2)N=[N+]=[N-])c1C.Cc1cccc(C(N)Cc2cccnc2)c1C.Cc1cccc(C(O)Cc2cccnc2)c1C.Cc1cccc(C=O)c1C.Cc1ccncc1.O.[N-]=[N+]=NP(=O)(Oc1ccccc1)Oc1ccccc1. The predicted molar refractivity (Wildman–Crippen MR) is 360 cm³/mol. The number of carbonyl (C=O) groups is 1. The van der Waals surface area contributed by atoms with Gasteiger partial charge in [-0.3, -0.25) is 24.7 Å². The highest BCUT2D eigenvalue weighted by Crippen LogP contribution is 2.50. The van der Waals surface area contributed by atoms with E-state index in [4.69, 9.17) is 25.8 Å². The summed E-state index contributed by atoms with van der Waals surface area (Å²) in [6.45, 7) is 18.5. The highest BCUT2D eigenvalue weighted by molar-refractivity contribution is 7.53. The lowest BCUT2D eigenvalue weighted by molar-refractivity contribution is 0.112. The summed E-state index contributed by atoms with van der Waals surface area (Å²) in [6.07, 6.45) is 16.9. The zero-order chi connectivity index (χ0) is 64.4. The molecular formula is C72H80N11O6P. The Balaban J connectivity index is 0.000000235. The molecule has 0 aliphatic rings. The minimum Gasteiger partial charge on any atom is -0.412 e. The molecule has 0 aliphatic heterocycles. The molecule has 0 fully saturated rings. The Kier molecular flexibility index (Phi) is 31.3. The van der Waals surface area contributed by atoms with Crippen LogP contribution in [0.4, 0.5) is 0 Å². The van der Waals surface area contributed by atoms with Crippen LogP contribution in [0.5, 0.6) is 11.5 Å². The first-order chi connectivity index (χ1) is 42.9. The maximum Gasteiger partial charge on any atom is 0.525 e. The molecule has 10 aromatic rings. The number of pyridine rings is 4. The number of rotatable bonds is 16. The fraction of sp³-hybridized carbons (Fsp3) is 0.208. The highest BCUT2D eigenvalue weighted by Gasteiger charge is 2.27. The van der Waals surface area contributed by atoms with Crippen molar-refractivity contribution in [2.24, 2.45) is 15.7 Å². The standard InChI is InChI=1S/C15H16N4.C15H18N2.C15H17NO.C12H10N3O3P.C9H10O.C6H7N.H2O/c1-11-5-3-7-14(12(11)2)15(18-19-16)9-13-6-4-8-17-10-13;1-11-5-3-7-14(12(11)2)15(16)9-13-6-4-8-17-10-13;1-11-5-3-7-14(12(11)2)15(17)9-13-6-4-8-16-10-13;13-14-15-19(16,17-11-7-3-1-4-8-11)18-12-9-5-2-6-10-12;1-7-4-3-5-9(6-10)8(7)2;1-6-2-4-7-5-3-6;/h3-8,10,15H,9H2,1-2H3;3-8,10,15H,9,16H2,1-2H3;3-8,10,15,17H,9H2,1-2H3;1-10H;3-6H,1-2H3;2-5H,1H3;1H2. The van der Waals surface area contributed by atoms with Crippen LogP contribution in [-0.2, 0) is 23.8 Å². The molecule has 17 nitrogen and oxygen atoms in total. The summed E-state index contributed by atoms with van der Waals surface area (Å²) >= 11 is 0. The molecule has 4 heterocycles. The Bertz CT molecular complexity index is 3740. The van der Waals surface area contributed by atoms with E-state index in [-0.39, 0.29) is 17.6 Å². The van der Waals surface area contributed by atoms with Crippen molar-refractivity contribution in [3.63, 3.8) is 0 Å². The number of benzene rings is 6. The van der Waals surface area contributed by atoms with Crippen LogP contribution in [0.1, 0.15) is 112 Å². The number of carbonyl (C=O) groups excluding carboxylic acids is 1. The number of aldehydes is 1. The first kappa shape index (κ1) is 72.4. The van der Waals surface area contributed by atoms with Crippen molar-refractivity contribution in [3.05, 3.63) is 341 Å². The van der Waals surface area contributed by atoms with E-state index in [2.05, 4.69) is 118 Å². The zero-order valence-corrected chi connectivity index (χ0v) is 53.3. The third-order valence-corrected chi connectivity index (χ3v) is 15.6. The van der Waals surface area contributed by atoms with Gasteiger partial charge in [-0.25, -0.2) is 4.57 Å². The van der Waals surface area contributed by atoms with E-state index in [1.807, 2.05) is 118 Å². The molecule has 0 radical (unpaired) electrons. The predicted octanol–water partition coefficient (Wildman–Crippen LogP) is 17.5. The zero-order valence-electron chi connectivity index (χ0n) is 52.4. The van der Waals surface area contributed by atoms with E-state index in [1.54, 1.807) is 97.8 Å². The van der Waals surface area contributed by atoms with Crippen LogP contribution in [0.2, 0.25) is 0 Å². The summed E-state index contributed by atoms with van der Waals surface area (Å²) in [5, 5.41) is 14.2. The van der Waals surface area contributed by atoms with Crippen molar-refractivity contribution >= 4 is 14.0 Å². The molecule has 0 bridgehead atoms. The van der Waals surface area contributed by atoms with Gasteiger partial charge in [-0.1, -0.05) is 133 Å². The molecule has 0 saturated carbocycles. The van der Waals surface area contributed by atoms with Crippen LogP contribution in [-0.4, -0.2) is 36.8 Å². The molecule has 4 aromatic heterocycles. The number of hydrogen-bond donors (Lipinski definition) is 2. The summed E-state index contributed by atoms with van der Waals surface area (Å²) in [6, 6.07) is 56.5. The number of nitrogens with two attached hydrogens (primary N) is 1. The van der Waals surface area contributed by atoms with Crippen molar-refractivity contribution < 1.29 is 29.0 Å². The van der Waals surface area contributed by atoms with Gasteiger partial charge < -0.3 is 25.4 Å². The normalized spacial score (nSPS) is 11.1. The third-order valence-electron chi connectivity index (χ3n) is 14.4. The molecule has 10 rings (SSSR count). The monoisotopic (exact) mass is 1230 g/mol. The van der Waals surface area contributed by atoms with E-state index in [9.17, 15) is 14.5 Å². The minimum atomic E-state index is -3.95. The largest absolute Gasteiger partial charge is 0.525 e. The number of nitrogens with zero attached hydrogens (tertiary/aromatic N) is 10. The van der Waals surface area contributed by atoms with Gasteiger partial charge >= 0.3 is 7.75 Å². The Morgan fingerprint density at radius 1 is 0.489 bits per heavy atom. The molecule has 0 amide bonds. The molecule has 0 spiro atoms. The summed E-state index contributed by atoms with van der Waals surface area (Å²) in [4.78, 5) is 35.1. The average molecular weight is 1230 g/mol. The van der Waals surface area contributed by atoms with Gasteiger partial charge in [-0.15, -0.1) is 0 Å². The van der Waals surface area contributed by atoms with Crippen molar-refractivity contribution in [3.8, 4) is 11.5 Å². The summed E-state index contributed by atoms with van der Waals surface area (Å²) in [7, 11) is -3.95. The molecule has 90 heavy (non-hydrogen) atoms. The molecular weight excluding hydrogens is 1150 g/mol. The van der Waals surface area contributed by atoms with E-state index < -0.39 is 13.9 Å². The second kappa shape index (κ2) is 38.9. The lowest BCUT2D eigenvalue weighted by Gasteiger charge is -2.16. The molecule has 18 heteroatoms. The number of aromatic nitrogens is 4. The van der Waals surface area contributed by atoms with Gasteiger partial charge in [-0.05, 0) is 224 Å². The second-order valence-corrected chi connectivity index (χ2v) is 22.3. The Morgan fingerprint density at radius 3 is 1.33 bits per heavy atom. The quantitative estimate of drug-likeness (QED) is 0.0303. The van der Waals surface area contributed by atoms with Crippen molar-refractivity contribution in [1.29, 1.82) is 0 Å².